The Balaban J connectivity index is 3.18. The van der Waals surface area contributed by atoms with Crippen LogP contribution in [0.1, 0.15) is 12.8 Å². The first kappa shape index (κ1) is 7.20. The number of aliphatic carboxylic acids is 1. The van der Waals surface area contributed by atoms with Crippen molar-refractivity contribution in [2.75, 3.05) is 0 Å². The van der Waals surface area contributed by atoms with Crippen molar-refractivity contribution in [3.8, 4) is 0 Å². The first-order valence-electron chi connectivity index (χ1n) is 2.34. The van der Waals surface area contributed by atoms with Crippen LogP contribution in [0.4, 0.5) is 0 Å². The smallest absolute Gasteiger partial charge is 0.303 e. The maximum atomic E-state index is 10.1. The summed E-state index contributed by atoms with van der Waals surface area (Å²) in [4.78, 5) is 19.8. The summed E-state index contributed by atoms with van der Waals surface area (Å²) in [5.41, 5.74) is -0.0765. The third-order valence-electron chi connectivity index (χ3n) is 0.691. The lowest BCUT2D eigenvalue weighted by Crippen LogP contribution is -2.01. The zero-order valence-corrected chi connectivity index (χ0v) is 4.68. The predicted octanol–water partition coefficient (Wildman–Crippen LogP) is -0.989. The van der Waals surface area contributed by atoms with Crippen LogP contribution in [0.15, 0.2) is 0 Å². The van der Waals surface area contributed by atoms with E-state index in [1.165, 1.54) is 7.85 Å². The molecular weight excluding hydrogens is 107 g/mol. The van der Waals surface area contributed by atoms with Crippen molar-refractivity contribution < 1.29 is 14.7 Å². The van der Waals surface area contributed by atoms with Crippen molar-refractivity contribution in [3.05, 3.63) is 0 Å². The molecule has 0 amide bonds. The molecule has 1 N–H and O–H groups in total. The third-order valence-corrected chi connectivity index (χ3v) is 0.691. The van der Waals surface area contributed by atoms with E-state index in [1.54, 1.807) is 0 Å². The van der Waals surface area contributed by atoms with Gasteiger partial charge in [-0.25, -0.2) is 0 Å². The van der Waals surface area contributed by atoms with E-state index in [4.69, 9.17) is 5.11 Å². The second-order valence-electron chi connectivity index (χ2n) is 1.60. The first-order chi connectivity index (χ1) is 3.63. The second kappa shape index (κ2) is 3.24. The Morgan fingerprint density at radius 3 is 2.00 bits per heavy atom. The molecule has 0 aliphatic carbocycles. The van der Waals surface area contributed by atoms with E-state index >= 15 is 0 Å². The zero-order chi connectivity index (χ0) is 6.57. The highest BCUT2D eigenvalue weighted by molar-refractivity contribution is 6.57. The molecule has 0 bridgehead atoms. The van der Waals surface area contributed by atoms with Crippen molar-refractivity contribution in [3.63, 3.8) is 0 Å². The quantitative estimate of drug-likeness (QED) is 0.479. The van der Waals surface area contributed by atoms with Crippen LogP contribution in [-0.4, -0.2) is 24.6 Å². The molecular formula is C4H7BO3. The van der Waals surface area contributed by atoms with Crippen LogP contribution in [0.3, 0.4) is 0 Å². The Labute approximate surface area is 48.1 Å². The molecule has 0 radical (unpaired) electrons. The Bertz CT molecular complexity index is 95.9. The Morgan fingerprint density at radius 1 is 1.38 bits per heavy atom. The maximum Gasteiger partial charge on any atom is 0.303 e. The van der Waals surface area contributed by atoms with Crippen LogP contribution in [0.5, 0.6) is 0 Å². The van der Waals surface area contributed by atoms with Gasteiger partial charge in [0.05, 0.1) is 12.1 Å². The fraction of sp³-hybridized carbons (Fsp3) is 0.500. The number of hydrogen-bond donors (Lipinski definition) is 1. The minimum absolute atomic E-state index is 0.0463. The number of carbonyl (C=O) groups is 2. The predicted molar refractivity (Wildman–Crippen MR) is 30.4 cm³/mol. The molecule has 0 aliphatic rings. The van der Waals surface area contributed by atoms with Gasteiger partial charge in [0.1, 0.15) is 0 Å². The van der Waals surface area contributed by atoms with Gasteiger partial charge >= 0.3 is 5.97 Å². The van der Waals surface area contributed by atoms with Gasteiger partial charge in [-0.05, 0) is 0 Å². The van der Waals surface area contributed by atoms with E-state index in [1.807, 2.05) is 0 Å². The van der Waals surface area contributed by atoms with Crippen molar-refractivity contribution in [1.29, 1.82) is 0 Å². The number of rotatable bonds is 3. The summed E-state index contributed by atoms with van der Waals surface area (Å²) in [6.07, 6.45) is 0.102. The molecule has 0 aliphatic heterocycles. The summed E-state index contributed by atoms with van der Waals surface area (Å²) in [6.45, 7) is 0. The minimum atomic E-state index is -0.916. The van der Waals surface area contributed by atoms with E-state index in [0.717, 1.165) is 0 Å². The monoisotopic (exact) mass is 114 g/mol. The molecule has 3 nitrogen and oxygen atoms in total. The highest BCUT2D eigenvalue weighted by Gasteiger charge is 1.97. The van der Waals surface area contributed by atoms with Gasteiger partial charge in [-0.2, -0.15) is 0 Å². The van der Waals surface area contributed by atoms with Crippen LogP contribution in [0.2, 0.25) is 0 Å². The van der Waals surface area contributed by atoms with Gasteiger partial charge in [-0.15, -0.1) is 0 Å². The largest absolute Gasteiger partial charge is 0.481 e. The summed E-state index contributed by atoms with van der Waals surface area (Å²) in [5, 5.41) is 8.01. The van der Waals surface area contributed by atoms with E-state index in [0.29, 0.717) is 0 Å². The Kier molecular flexibility index (Phi) is 2.92. The van der Waals surface area contributed by atoms with Crippen molar-refractivity contribution in [1.82, 2.24) is 0 Å². The second-order valence-corrected chi connectivity index (χ2v) is 1.60. The molecule has 0 aromatic carbocycles. The summed E-state index contributed by atoms with van der Waals surface area (Å²) in [5.74, 6) is -0.916. The third kappa shape index (κ3) is 5.20. The summed E-state index contributed by atoms with van der Waals surface area (Å²) >= 11 is 0. The summed E-state index contributed by atoms with van der Waals surface area (Å²) < 4.78 is 0. The van der Waals surface area contributed by atoms with Crippen LogP contribution in [-0.2, 0) is 9.59 Å². The molecule has 0 aromatic heterocycles. The molecule has 0 fully saturated rings. The molecule has 0 unspecified atom stereocenters. The fourth-order valence-electron chi connectivity index (χ4n) is 0.283. The van der Waals surface area contributed by atoms with Crippen molar-refractivity contribution in [2.24, 2.45) is 0 Å². The van der Waals surface area contributed by atoms with Crippen LogP contribution >= 0.6 is 0 Å². The lowest BCUT2D eigenvalue weighted by molar-refractivity contribution is -0.138. The zero-order valence-electron chi connectivity index (χ0n) is 4.68. The fourth-order valence-corrected chi connectivity index (χ4v) is 0.283. The molecule has 0 heterocycles. The molecule has 4 heteroatoms. The SMILES string of the molecule is BC(=O)CCC(=O)O. The van der Waals surface area contributed by atoms with Gasteiger partial charge < -0.3 is 9.90 Å². The Morgan fingerprint density at radius 2 is 1.88 bits per heavy atom. The average Bonchev–Trinajstić information content (AvgIpc) is 1.61. The topological polar surface area (TPSA) is 54.4 Å². The minimum Gasteiger partial charge on any atom is -0.481 e. The molecule has 0 aromatic rings. The van der Waals surface area contributed by atoms with Crippen molar-refractivity contribution >= 4 is 19.5 Å². The Hall–Kier alpha value is -0.795. The maximum absolute atomic E-state index is 10.1. The first-order valence-corrected chi connectivity index (χ1v) is 2.34. The standard InChI is InChI=1S/C4H7BO3/c5-3(6)1-2-4(7)8/h1-2,5H2,(H,7,8). The van der Waals surface area contributed by atoms with Crippen LogP contribution < -0.4 is 0 Å². The number of carboxylic acid groups (broad SMARTS) is 1. The van der Waals surface area contributed by atoms with E-state index in [-0.39, 0.29) is 18.5 Å². The molecule has 0 spiro atoms. The van der Waals surface area contributed by atoms with Crippen LogP contribution in [0, 0.1) is 0 Å². The normalized spacial score (nSPS) is 8.50. The van der Waals surface area contributed by atoms with E-state index in [9.17, 15) is 9.59 Å². The number of carbonyl (C=O) groups excluding carboxylic acids is 1. The van der Waals surface area contributed by atoms with E-state index in [2.05, 4.69) is 0 Å². The highest BCUT2D eigenvalue weighted by Crippen LogP contribution is 1.85. The molecule has 0 rings (SSSR count). The van der Waals surface area contributed by atoms with Gasteiger partial charge in [0, 0.05) is 6.42 Å². The molecule has 44 valence electrons. The average molecular weight is 114 g/mol. The highest BCUT2D eigenvalue weighted by atomic mass is 16.4. The number of hydrogen-bond acceptors (Lipinski definition) is 2. The van der Waals surface area contributed by atoms with Crippen LogP contribution in [0.25, 0.3) is 0 Å². The van der Waals surface area contributed by atoms with E-state index < -0.39 is 5.97 Å². The summed E-state index contributed by atoms with van der Waals surface area (Å²) in [6, 6.07) is 0. The van der Waals surface area contributed by atoms with Crippen molar-refractivity contribution in [2.45, 2.75) is 12.8 Å². The number of carboxylic acids is 1. The molecule has 8 heavy (non-hydrogen) atoms. The van der Waals surface area contributed by atoms with Gasteiger partial charge in [-0.3, -0.25) is 4.79 Å². The van der Waals surface area contributed by atoms with Gasteiger partial charge in [0.2, 0.25) is 0 Å². The lowest BCUT2D eigenvalue weighted by atomic mass is 9.98. The van der Waals surface area contributed by atoms with Gasteiger partial charge in [0.25, 0.3) is 0 Å². The molecule has 0 atom stereocenters. The van der Waals surface area contributed by atoms with Gasteiger partial charge in [-0.1, -0.05) is 0 Å². The lowest BCUT2D eigenvalue weighted by Gasteiger charge is -1.86. The molecule has 0 saturated carbocycles. The van der Waals surface area contributed by atoms with Gasteiger partial charge in [0.15, 0.2) is 7.85 Å². The molecule has 0 saturated heterocycles. The summed E-state index contributed by atoms with van der Waals surface area (Å²) in [7, 11) is 1.38.